The van der Waals surface area contributed by atoms with Crippen molar-refractivity contribution in [3.05, 3.63) is 23.3 Å². The third-order valence-corrected chi connectivity index (χ3v) is 6.63. The van der Waals surface area contributed by atoms with Crippen LogP contribution >= 0.6 is 0 Å². The molecule has 5 atom stereocenters. The van der Waals surface area contributed by atoms with Crippen LogP contribution in [0.3, 0.4) is 0 Å². The maximum absolute atomic E-state index is 11.7. The van der Waals surface area contributed by atoms with Crippen LogP contribution < -0.4 is 14.8 Å². The number of rotatable bonds is 2. The summed E-state index contributed by atoms with van der Waals surface area (Å²) in [6.07, 6.45) is 3.25. The van der Waals surface area contributed by atoms with E-state index < -0.39 is 0 Å². The Morgan fingerprint density at radius 2 is 2.08 bits per heavy atom. The van der Waals surface area contributed by atoms with E-state index in [2.05, 4.69) is 11.4 Å². The Hall–Kier alpha value is -2.08. The van der Waals surface area contributed by atoms with Gasteiger partial charge in [-0.05, 0) is 49.8 Å². The van der Waals surface area contributed by atoms with Crippen molar-refractivity contribution in [3.8, 4) is 11.5 Å². The zero-order valence-corrected chi connectivity index (χ0v) is 15.0. The van der Waals surface area contributed by atoms with Crippen LogP contribution in [0, 0.1) is 5.92 Å². The summed E-state index contributed by atoms with van der Waals surface area (Å²) in [6, 6.07) is 4.32. The van der Waals surface area contributed by atoms with Crippen LogP contribution in [0.2, 0.25) is 0 Å². The molecule has 2 aliphatic heterocycles. The third kappa shape index (κ3) is 2.02. The normalized spacial score (nSPS) is 35.9. The summed E-state index contributed by atoms with van der Waals surface area (Å²) in [5.41, 5.74) is 2.30. The second-order valence-corrected chi connectivity index (χ2v) is 7.95. The number of benzene rings is 1. The molecule has 138 valence electrons. The Morgan fingerprint density at radius 1 is 1.23 bits per heavy atom. The molecule has 1 spiro atoms. The molecular formula is C20H23NO5. The molecule has 1 aromatic rings. The van der Waals surface area contributed by atoms with E-state index in [9.17, 15) is 9.59 Å². The van der Waals surface area contributed by atoms with E-state index in [1.165, 1.54) is 25.0 Å². The Morgan fingerprint density at radius 3 is 2.85 bits per heavy atom. The fraction of sp³-hybridized carbons (Fsp3) is 0.600. The molecule has 1 saturated heterocycles. The third-order valence-electron chi connectivity index (χ3n) is 6.63. The Bertz CT molecular complexity index is 806. The summed E-state index contributed by atoms with van der Waals surface area (Å²) in [6.45, 7) is 3.77. The quantitative estimate of drug-likeness (QED) is 0.643. The number of hydrogen-bond acceptors (Lipinski definition) is 6. The molecule has 0 aromatic heterocycles. The summed E-state index contributed by atoms with van der Waals surface area (Å²) in [5.74, 6) is 0.995. The SMILES string of the molecule is CC(=O)Oc1ccc2c3c1O[C@H]1[C@@H](OC(C)=O)CCC4[C@@H](C2)NCC[C@@]341. The largest absolute Gasteiger partial charge is 0.481 e. The lowest BCUT2D eigenvalue weighted by Gasteiger charge is -2.56. The van der Waals surface area contributed by atoms with Crippen molar-refractivity contribution in [2.75, 3.05) is 6.54 Å². The number of carbonyl (C=O) groups is 2. The van der Waals surface area contributed by atoms with E-state index in [-0.39, 0.29) is 29.6 Å². The highest BCUT2D eigenvalue weighted by Gasteiger charge is 2.65. The van der Waals surface area contributed by atoms with Crippen molar-refractivity contribution < 1.29 is 23.8 Å². The van der Waals surface area contributed by atoms with E-state index >= 15 is 0 Å². The van der Waals surface area contributed by atoms with Gasteiger partial charge in [0, 0.05) is 30.9 Å². The number of esters is 2. The zero-order chi connectivity index (χ0) is 18.1. The first-order valence-electron chi connectivity index (χ1n) is 9.42. The summed E-state index contributed by atoms with van der Waals surface area (Å²) in [5, 5.41) is 3.68. The fourth-order valence-corrected chi connectivity index (χ4v) is 5.97. The van der Waals surface area contributed by atoms with Gasteiger partial charge in [-0.1, -0.05) is 6.07 Å². The highest BCUT2D eigenvalue weighted by atomic mass is 16.6. The van der Waals surface area contributed by atoms with E-state index in [1.807, 2.05) is 6.07 Å². The van der Waals surface area contributed by atoms with Crippen LogP contribution in [-0.4, -0.2) is 36.7 Å². The molecule has 0 amide bonds. The molecule has 1 unspecified atom stereocenters. The number of nitrogens with one attached hydrogen (secondary N) is 1. The number of carbonyl (C=O) groups excluding carboxylic acids is 2. The monoisotopic (exact) mass is 357 g/mol. The van der Waals surface area contributed by atoms with Crippen LogP contribution in [0.25, 0.3) is 0 Å². The summed E-state index contributed by atoms with van der Waals surface area (Å²) in [4.78, 5) is 23.2. The Labute approximate surface area is 152 Å². The second kappa shape index (κ2) is 5.46. The molecule has 2 heterocycles. The van der Waals surface area contributed by atoms with Crippen molar-refractivity contribution in [1.29, 1.82) is 0 Å². The molecular weight excluding hydrogens is 334 g/mol. The van der Waals surface area contributed by atoms with Crippen molar-refractivity contribution >= 4 is 11.9 Å². The van der Waals surface area contributed by atoms with Gasteiger partial charge in [-0.15, -0.1) is 0 Å². The van der Waals surface area contributed by atoms with Crippen molar-refractivity contribution in [2.45, 2.75) is 63.2 Å². The molecule has 1 saturated carbocycles. The molecule has 6 heteroatoms. The first-order chi connectivity index (χ1) is 12.5. The smallest absolute Gasteiger partial charge is 0.308 e. The van der Waals surface area contributed by atoms with Crippen molar-refractivity contribution in [3.63, 3.8) is 0 Å². The first kappa shape index (κ1) is 16.1. The van der Waals surface area contributed by atoms with Gasteiger partial charge in [0.25, 0.3) is 0 Å². The molecule has 0 radical (unpaired) electrons. The molecule has 6 nitrogen and oxygen atoms in total. The first-order valence-corrected chi connectivity index (χ1v) is 9.42. The highest BCUT2D eigenvalue weighted by molar-refractivity contribution is 5.72. The van der Waals surface area contributed by atoms with Gasteiger partial charge in [-0.25, -0.2) is 0 Å². The summed E-state index contributed by atoms with van der Waals surface area (Å²) < 4.78 is 17.5. The standard InChI is InChI=1S/C20H23NO5/c1-10(22)24-15-5-3-12-9-14-13-4-6-16(25-11(2)23)19-20(13,7-8-21-14)17(12)18(15)26-19/h3,5,13-14,16,19,21H,4,6-9H2,1-2H3/t13?,14-,16+,19+,20+/m1/s1. The number of piperidine rings is 1. The molecule has 4 aliphatic rings. The zero-order valence-electron chi connectivity index (χ0n) is 15.0. The molecule has 1 N–H and O–H groups in total. The van der Waals surface area contributed by atoms with Gasteiger partial charge in [0.15, 0.2) is 11.5 Å². The lowest BCUT2D eigenvalue weighted by molar-refractivity contribution is -0.160. The average molecular weight is 357 g/mol. The van der Waals surface area contributed by atoms with Gasteiger partial charge < -0.3 is 19.5 Å². The molecule has 1 aromatic carbocycles. The van der Waals surface area contributed by atoms with Crippen molar-refractivity contribution in [1.82, 2.24) is 5.32 Å². The number of hydrogen-bond donors (Lipinski definition) is 1. The maximum atomic E-state index is 11.7. The predicted molar refractivity (Wildman–Crippen MR) is 92.2 cm³/mol. The number of ether oxygens (including phenoxy) is 3. The van der Waals surface area contributed by atoms with Gasteiger partial charge in [0.2, 0.25) is 0 Å². The van der Waals surface area contributed by atoms with E-state index in [1.54, 1.807) is 0 Å². The molecule has 2 fully saturated rings. The van der Waals surface area contributed by atoms with Gasteiger partial charge in [0.05, 0.1) is 0 Å². The van der Waals surface area contributed by atoms with E-state index in [0.29, 0.717) is 23.5 Å². The van der Waals surface area contributed by atoms with E-state index in [4.69, 9.17) is 14.2 Å². The molecule has 5 rings (SSSR count). The lowest BCUT2D eigenvalue weighted by Crippen LogP contribution is -2.66. The van der Waals surface area contributed by atoms with Gasteiger partial charge in [0.1, 0.15) is 12.2 Å². The van der Waals surface area contributed by atoms with E-state index in [0.717, 1.165) is 32.2 Å². The summed E-state index contributed by atoms with van der Waals surface area (Å²) >= 11 is 0. The maximum Gasteiger partial charge on any atom is 0.308 e. The minimum atomic E-state index is -0.357. The fourth-order valence-electron chi connectivity index (χ4n) is 5.97. The van der Waals surface area contributed by atoms with Crippen LogP contribution in [-0.2, 0) is 26.2 Å². The van der Waals surface area contributed by atoms with Gasteiger partial charge >= 0.3 is 11.9 Å². The lowest BCUT2D eigenvalue weighted by atomic mass is 9.52. The van der Waals surface area contributed by atoms with Crippen LogP contribution in [0.4, 0.5) is 0 Å². The van der Waals surface area contributed by atoms with Gasteiger partial charge in [-0.2, -0.15) is 0 Å². The van der Waals surface area contributed by atoms with Crippen LogP contribution in [0.15, 0.2) is 12.1 Å². The second-order valence-electron chi connectivity index (χ2n) is 7.95. The molecule has 26 heavy (non-hydrogen) atoms. The minimum Gasteiger partial charge on any atom is -0.481 e. The van der Waals surface area contributed by atoms with Gasteiger partial charge in [-0.3, -0.25) is 9.59 Å². The van der Waals surface area contributed by atoms with Crippen LogP contribution in [0.5, 0.6) is 11.5 Å². The van der Waals surface area contributed by atoms with Crippen molar-refractivity contribution in [2.24, 2.45) is 5.92 Å². The Balaban J connectivity index is 1.68. The Kier molecular flexibility index (Phi) is 3.38. The van der Waals surface area contributed by atoms with Crippen LogP contribution in [0.1, 0.15) is 44.2 Å². The average Bonchev–Trinajstić information content (AvgIpc) is 2.91. The predicted octanol–water partition coefficient (Wildman–Crippen LogP) is 1.87. The summed E-state index contributed by atoms with van der Waals surface area (Å²) in [7, 11) is 0. The highest BCUT2D eigenvalue weighted by Crippen LogP contribution is 2.63. The topological polar surface area (TPSA) is 73.9 Å². The molecule has 2 aliphatic carbocycles. The molecule has 2 bridgehead atoms. The minimum absolute atomic E-state index is 0.159.